The molecule has 4 aromatic heterocycles. The maximum absolute atomic E-state index is 12.4. The first-order chi connectivity index (χ1) is 11.7. The minimum atomic E-state index is -0.403. The molecule has 4 rings (SSSR count). The molecule has 4 heterocycles. The van der Waals surface area contributed by atoms with E-state index in [0.29, 0.717) is 11.6 Å². The molecule has 0 radical (unpaired) electrons. The highest BCUT2D eigenvalue weighted by Crippen LogP contribution is 2.10. The van der Waals surface area contributed by atoms with Crippen molar-refractivity contribution < 1.29 is 4.79 Å². The second kappa shape index (κ2) is 5.50. The van der Waals surface area contributed by atoms with Crippen molar-refractivity contribution in [2.45, 2.75) is 6.92 Å². The van der Waals surface area contributed by atoms with Gasteiger partial charge < -0.3 is 0 Å². The van der Waals surface area contributed by atoms with Gasteiger partial charge in [-0.15, -0.1) is 20.4 Å². The van der Waals surface area contributed by atoms with E-state index < -0.39 is 5.91 Å². The van der Waals surface area contributed by atoms with Crippen molar-refractivity contribution in [3.8, 4) is 5.82 Å². The van der Waals surface area contributed by atoms with E-state index in [4.69, 9.17) is 0 Å². The molecule has 0 aliphatic rings. The van der Waals surface area contributed by atoms with Gasteiger partial charge in [0.1, 0.15) is 24.2 Å². The molecule has 10 heteroatoms. The first-order valence-corrected chi connectivity index (χ1v) is 7.02. The highest BCUT2D eigenvalue weighted by molar-refractivity contribution is 6.02. The first kappa shape index (κ1) is 13.9. The Morgan fingerprint density at radius 1 is 1.08 bits per heavy atom. The van der Waals surface area contributed by atoms with Crippen LogP contribution in [0, 0.1) is 6.92 Å². The summed E-state index contributed by atoms with van der Waals surface area (Å²) in [6, 6.07) is 6.88. The molecule has 0 aliphatic carbocycles. The van der Waals surface area contributed by atoms with Crippen LogP contribution in [-0.2, 0) is 0 Å². The number of aryl methyl sites for hydroxylation is 1. The molecule has 1 N–H and O–H groups in total. The number of rotatable bonds is 3. The van der Waals surface area contributed by atoms with Gasteiger partial charge in [-0.25, -0.2) is 9.97 Å². The van der Waals surface area contributed by atoms with E-state index in [9.17, 15) is 4.79 Å². The number of nitrogens with zero attached hydrogens (tertiary/aromatic N) is 8. The number of aromatic nitrogens is 8. The lowest BCUT2D eigenvalue weighted by atomic mass is 10.3. The summed E-state index contributed by atoms with van der Waals surface area (Å²) in [5, 5.41) is 18.0. The average molecular weight is 321 g/mol. The molecule has 24 heavy (non-hydrogen) atoms. The number of hydrogen-bond acceptors (Lipinski definition) is 7. The number of nitrogens with one attached hydrogen (secondary N) is 1. The number of anilines is 1. The predicted molar refractivity (Wildman–Crippen MR) is 82.6 cm³/mol. The van der Waals surface area contributed by atoms with Crippen molar-refractivity contribution in [1.29, 1.82) is 0 Å². The zero-order valence-corrected chi connectivity index (χ0v) is 12.5. The van der Waals surface area contributed by atoms with Crippen molar-refractivity contribution in [3.05, 3.63) is 54.5 Å². The molecule has 0 aromatic carbocycles. The van der Waals surface area contributed by atoms with Crippen LogP contribution in [0.4, 0.5) is 5.95 Å². The standard InChI is InChI=1S/C14H11N9O/c1-9-5-6-23-13(17-9)20-21-14(23)19-12(24)10-3-2-4-11(18-10)22-7-15-16-8-22/h2-8H,1H3,(H,19,21,24). The third kappa shape index (κ3) is 2.45. The molecule has 118 valence electrons. The van der Waals surface area contributed by atoms with E-state index in [1.54, 1.807) is 39.4 Å². The van der Waals surface area contributed by atoms with Crippen LogP contribution >= 0.6 is 0 Å². The Morgan fingerprint density at radius 3 is 2.75 bits per heavy atom. The van der Waals surface area contributed by atoms with Crippen LogP contribution in [0.5, 0.6) is 0 Å². The molecule has 0 saturated heterocycles. The van der Waals surface area contributed by atoms with Crippen molar-refractivity contribution in [2.24, 2.45) is 0 Å². The van der Waals surface area contributed by atoms with E-state index >= 15 is 0 Å². The van der Waals surface area contributed by atoms with Gasteiger partial charge in [-0.05, 0) is 25.1 Å². The average Bonchev–Trinajstić information content (AvgIpc) is 3.25. The van der Waals surface area contributed by atoms with Crippen LogP contribution in [-0.4, -0.2) is 45.2 Å². The van der Waals surface area contributed by atoms with E-state index in [1.165, 1.54) is 12.7 Å². The fraction of sp³-hybridized carbons (Fsp3) is 0.0714. The summed E-state index contributed by atoms with van der Waals surface area (Å²) in [6.45, 7) is 1.85. The fourth-order valence-electron chi connectivity index (χ4n) is 2.14. The Bertz CT molecular complexity index is 1020. The maximum Gasteiger partial charge on any atom is 0.276 e. The number of amides is 1. The van der Waals surface area contributed by atoms with E-state index in [2.05, 4.69) is 35.7 Å². The van der Waals surface area contributed by atoms with Crippen molar-refractivity contribution in [1.82, 2.24) is 39.3 Å². The van der Waals surface area contributed by atoms with Crippen molar-refractivity contribution in [3.63, 3.8) is 0 Å². The Kier molecular flexibility index (Phi) is 3.19. The summed E-state index contributed by atoms with van der Waals surface area (Å²) in [5.41, 5.74) is 1.05. The number of pyridine rings is 1. The summed E-state index contributed by atoms with van der Waals surface area (Å²) in [7, 11) is 0. The minimum absolute atomic E-state index is 0.234. The fourth-order valence-corrected chi connectivity index (χ4v) is 2.14. The zero-order chi connectivity index (χ0) is 16.5. The van der Waals surface area contributed by atoms with Crippen LogP contribution in [0.25, 0.3) is 11.6 Å². The third-order valence-electron chi connectivity index (χ3n) is 3.29. The van der Waals surface area contributed by atoms with Gasteiger partial charge in [-0.1, -0.05) is 6.07 Å². The second-order valence-electron chi connectivity index (χ2n) is 4.97. The lowest BCUT2D eigenvalue weighted by Crippen LogP contribution is -2.16. The van der Waals surface area contributed by atoms with Gasteiger partial charge in [0.2, 0.25) is 5.95 Å². The quantitative estimate of drug-likeness (QED) is 0.589. The Morgan fingerprint density at radius 2 is 1.92 bits per heavy atom. The molecular formula is C14H11N9O. The maximum atomic E-state index is 12.4. The van der Waals surface area contributed by atoms with Crippen LogP contribution in [0.15, 0.2) is 43.1 Å². The van der Waals surface area contributed by atoms with Crippen LogP contribution in [0.2, 0.25) is 0 Å². The van der Waals surface area contributed by atoms with E-state index in [1.807, 2.05) is 6.92 Å². The molecule has 1 amide bonds. The van der Waals surface area contributed by atoms with Crippen molar-refractivity contribution >= 4 is 17.6 Å². The molecule has 0 fully saturated rings. The lowest BCUT2D eigenvalue weighted by Gasteiger charge is -2.05. The van der Waals surface area contributed by atoms with E-state index in [0.717, 1.165) is 5.69 Å². The normalized spacial score (nSPS) is 10.9. The first-order valence-electron chi connectivity index (χ1n) is 7.02. The summed E-state index contributed by atoms with van der Waals surface area (Å²) in [4.78, 5) is 20.9. The Balaban J connectivity index is 1.63. The number of carbonyl (C=O) groups excluding carboxylic acids is 1. The molecule has 10 nitrogen and oxygen atoms in total. The minimum Gasteiger partial charge on any atom is -0.289 e. The molecule has 0 saturated carbocycles. The molecule has 0 atom stereocenters. The van der Waals surface area contributed by atoms with Gasteiger partial charge in [0.15, 0.2) is 0 Å². The highest BCUT2D eigenvalue weighted by Gasteiger charge is 2.13. The van der Waals surface area contributed by atoms with Gasteiger partial charge in [0, 0.05) is 11.9 Å². The van der Waals surface area contributed by atoms with Crippen LogP contribution in [0.3, 0.4) is 0 Å². The third-order valence-corrected chi connectivity index (χ3v) is 3.29. The van der Waals surface area contributed by atoms with Gasteiger partial charge in [0.05, 0.1) is 0 Å². The largest absolute Gasteiger partial charge is 0.289 e. The molecule has 0 spiro atoms. The second-order valence-corrected chi connectivity index (χ2v) is 4.97. The summed E-state index contributed by atoms with van der Waals surface area (Å²) >= 11 is 0. The smallest absolute Gasteiger partial charge is 0.276 e. The summed E-state index contributed by atoms with van der Waals surface area (Å²) in [6.07, 6.45) is 4.75. The molecular weight excluding hydrogens is 310 g/mol. The lowest BCUT2D eigenvalue weighted by molar-refractivity contribution is 0.102. The van der Waals surface area contributed by atoms with Gasteiger partial charge in [0.25, 0.3) is 11.7 Å². The number of carbonyl (C=O) groups is 1. The van der Waals surface area contributed by atoms with E-state index in [-0.39, 0.29) is 11.6 Å². The van der Waals surface area contributed by atoms with Crippen LogP contribution in [0.1, 0.15) is 16.2 Å². The van der Waals surface area contributed by atoms with Gasteiger partial charge in [-0.2, -0.15) is 0 Å². The Hall–Kier alpha value is -3.69. The van der Waals surface area contributed by atoms with Crippen LogP contribution < -0.4 is 5.32 Å². The molecule has 0 aliphatic heterocycles. The SMILES string of the molecule is Cc1ccn2c(NC(=O)c3cccc(-n4cnnc4)n3)nnc2n1. The van der Waals surface area contributed by atoms with Gasteiger partial charge >= 0.3 is 0 Å². The molecule has 0 bridgehead atoms. The Labute approximate surface area is 135 Å². The highest BCUT2D eigenvalue weighted by atomic mass is 16.2. The van der Waals surface area contributed by atoms with Gasteiger partial charge in [-0.3, -0.25) is 19.1 Å². The number of hydrogen-bond donors (Lipinski definition) is 1. The van der Waals surface area contributed by atoms with Crippen molar-refractivity contribution in [2.75, 3.05) is 5.32 Å². The summed E-state index contributed by atoms with van der Waals surface area (Å²) in [5.74, 6) is 0.825. The predicted octanol–water partition coefficient (Wildman–Crippen LogP) is 0.661. The molecule has 4 aromatic rings. The topological polar surface area (TPSA) is 116 Å². The summed E-state index contributed by atoms with van der Waals surface area (Å²) < 4.78 is 3.20. The number of fused-ring (bicyclic) bond motifs is 1. The monoisotopic (exact) mass is 321 g/mol. The molecule has 0 unspecified atom stereocenters. The zero-order valence-electron chi connectivity index (χ0n) is 12.5.